The van der Waals surface area contributed by atoms with E-state index in [1.54, 1.807) is 7.11 Å². The minimum atomic E-state index is -0.0587. The van der Waals surface area contributed by atoms with Gasteiger partial charge < -0.3 is 4.74 Å². The van der Waals surface area contributed by atoms with Crippen molar-refractivity contribution in [3.05, 3.63) is 65.2 Å². The van der Waals surface area contributed by atoms with Crippen molar-refractivity contribution >= 4 is 0 Å². The number of ether oxygens (including phenoxy) is 1. The van der Waals surface area contributed by atoms with Crippen LogP contribution in [0.4, 0.5) is 0 Å². The van der Waals surface area contributed by atoms with Crippen molar-refractivity contribution in [2.45, 2.75) is 31.2 Å². The summed E-state index contributed by atoms with van der Waals surface area (Å²) < 4.78 is 5.44. The Hall–Kier alpha value is -1.84. The van der Waals surface area contributed by atoms with E-state index in [1.807, 2.05) is 24.3 Å². The number of nitrogens with two attached hydrogens (primary N) is 1. The second-order valence-corrected chi connectivity index (χ2v) is 5.64. The molecule has 0 radical (unpaired) electrons. The summed E-state index contributed by atoms with van der Waals surface area (Å²) in [7, 11) is 1.69. The molecule has 0 heterocycles. The Morgan fingerprint density at radius 3 is 2.38 bits per heavy atom. The van der Waals surface area contributed by atoms with Crippen LogP contribution in [0, 0.1) is 0 Å². The molecule has 1 unspecified atom stereocenters. The van der Waals surface area contributed by atoms with Gasteiger partial charge in [0.15, 0.2) is 0 Å². The predicted octanol–water partition coefficient (Wildman–Crippen LogP) is 3.52. The minimum absolute atomic E-state index is 0.0587. The monoisotopic (exact) mass is 282 g/mol. The van der Waals surface area contributed by atoms with Crippen LogP contribution in [0.5, 0.6) is 5.75 Å². The van der Waals surface area contributed by atoms with Crippen LogP contribution in [-0.4, -0.2) is 7.11 Å². The van der Waals surface area contributed by atoms with Gasteiger partial charge in [-0.05, 0) is 36.0 Å². The fourth-order valence-electron chi connectivity index (χ4n) is 2.97. The standard InChI is InChI=1S/C18H22N2O/c1-21-17-8-3-2-7-16(17)18(20-19)15-11-9-14(10-12-15)13-5-4-6-13/h2-3,7-13,18,20H,4-6,19H2,1H3. The maximum Gasteiger partial charge on any atom is 0.124 e. The lowest BCUT2D eigenvalue weighted by molar-refractivity contribution is 0.404. The summed E-state index contributed by atoms with van der Waals surface area (Å²) in [6, 6.07) is 16.7. The lowest BCUT2D eigenvalue weighted by Crippen LogP contribution is -2.29. The summed E-state index contributed by atoms with van der Waals surface area (Å²) in [5, 5.41) is 0. The summed E-state index contributed by atoms with van der Waals surface area (Å²) in [6.45, 7) is 0. The van der Waals surface area contributed by atoms with Crippen molar-refractivity contribution in [1.29, 1.82) is 0 Å². The van der Waals surface area contributed by atoms with Crippen molar-refractivity contribution < 1.29 is 4.74 Å². The Balaban J connectivity index is 1.88. The average molecular weight is 282 g/mol. The van der Waals surface area contributed by atoms with Gasteiger partial charge in [0.2, 0.25) is 0 Å². The number of rotatable bonds is 5. The highest BCUT2D eigenvalue weighted by atomic mass is 16.5. The van der Waals surface area contributed by atoms with Crippen molar-refractivity contribution in [2.75, 3.05) is 7.11 Å². The molecule has 110 valence electrons. The van der Waals surface area contributed by atoms with Crippen LogP contribution in [-0.2, 0) is 0 Å². The molecule has 3 N–H and O–H groups in total. The quantitative estimate of drug-likeness (QED) is 0.651. The average Bonchev–Trinajstić information content (AvgIpc) is 2.48. The first-order valence-electron chi connectivity index (χ1n) is 7.52. The van der Waals surface area contributed by atoms with Crippen molar-refractivity contribution in [2.24, 2.45) is 5.84 Å². The smallest absolute Gasteiger partial charge is 0.124 e. The molecule has 21 heavy (non-hydrogen) atoms. The van der Waals surface area contributed by atoms with Crippen LogP contribution in [0.1, 0.15) is 47.9 Å². The zero-order valence-corrected chi connectivity index (χ0v) is 12.4. The van der Waals surface area contributed by atoms with Gasteiger partial charge in [-0.1, -0.05) is 48.9 Å². The van der Waals surface area contributed by atoms with Crippen LogP contribution in [0.15, 0.2) is 48.5 Å². The third-order valence-corrected chi connectivity index (χ3v) is 4.46. The highest BCUT2D eigenvalue weighted by molar-refractivity contribution is 5.42. The molecule has 0 spiro atoms. The molecule has 0 amide bonds. The Bertz CT molecular complexity index is 590. The van der Waals surface area contributed by atoms with E-state index in [0.717, 1.165) is 22.8 Å². The van der Waals surface area contributed by atoms with E-state index in [2.05, 4.69) is 29.7 Å². The zero-order valence-electron chi connectivity index (χ0n) is 12.4. The summed E-state index contributed by atoms with van der Waals surface area (Å²) in [6.07, 6.45) is 4.01. The van der Waals surface area contributed by atoms with Gasteiger partial charge in [0.1, 0.15) is 5.75 Å². The zero-order chi connectivity index (χ0) is 14.7. The van der Waals surface area contributed by atoms with Crippen molar-refractivity contribution in [3.8, 4) is 5.75 Å². The highest BCUT2D eigenvalue weighted by Gasteiger charge is 2.21. The molecule has 1 saturated carbocycles. The first-order valence-corrected chi connectivity index (χ1v) is 7.52. The third kappa shape index (κ3) is 2.80. The van der Waals surface area contributed by atoms with Gasteiger partial charge in [0.25, 0.3) is 0 Å². The number of benzene rings is 2. The Labute approximate surface area is 126 Å². The molecule has 1 aliphatic rings. The SMILES string of the molecule is COc1ccccc1C(NN)c1ccc(C2CCC2)cc1. The second-order valence-electron chi connectivity index (χ2n) is 5.64. The molecular weight excluding hydrogens is 260 g/mol. The van der Waals surface area contributed by atoms with Crippen LogP contribution in [0.3, 0.4) is 0 Å². The Kier molecular flexibility index (Phi) is 4.23. The van der Waals surface area contributed by atoms with E-state index in [4.69, 9.17) is 10.6 Å². The first kappa shape index (κ1) is 14.1. The van der Waals surface area contributed by atoms with E-state index in [-0.39, 0.29) is 6.04 Å². The maximum atomic E-state index is 5.79. The van der Waals surface area contributed by atoms with Crippen LogP contribution >= 0.6 is 0 Å². The Morgan fingerprint density at radius 2 is 1.81 bits per heavy atom. The predicted molar refractivity (Wildman–Crippen MR) is 85.2 cm³/mol. The van der Waals surface area contributed by atoms with Crippen molar-refractivity contribution in [3.63, 3.8) is 0 Å². The van der Waals surface area contributed by atoms with E-state index in [9.17, 15) is 0 Å². The molecule has 0 aromatic heterocycles. The lowest BCUT2D eigenvalue weighted by atomic mass is 9.79. The van der Waals surface area contributed by atoms with Crippen LogP contribution < -0.4 is 16.0 Å². The van der Waals surface area contributed by atoms with Gasteiger partial charge >= 0.3 is 0 Å². The van der Waals surface area contributed by atoms with E-state index >= 15 is 0 Å². The largest absolute Gasteiger partial charge is 0.496 e. The maximum absolute atomic E-state index is 5.79. The molecule has 0 bridgehead atoms. The van der Waals surface area contributed by atoms with Gasteiger partial charge in [-0.3, -0.25) is 5.84 Å². The van der Waals surface area contributed by atoms with E-state index in [0.29, 0.717) is 0 Å². The number of para-hydroxylation sites is 1. The van der Waals surface area contributed by atoms with Crippen LogP contribution in [0.25, 0.3) is 0 Å². The molecule has 3 rings (SSSR count). The molecule has 1 atom stereocenters. The van der Waals surface area contributed by atoms with Crippen molar-refractivity contribution in [1.82, 2.24) is 5.43 Å². The summed E-state index contributed by atoms with van der Waals surface area (Å²) >= 11 is 0. The molecule has 1 fully saturated rings. The van der Waals surface area contributed by atoms with Gasteiger partial charge in [-0.15, -0.1) is 0 Å². The van der Waals surface area contributed by atoms with Gasteiger partial charge in [0, 0.05) is 5.56 Å². The molecule has 3 heteroatoms. The van der Waals surface area contributed by atoms with Gasteiger partial charge in [-0.2, -0.15) is 0 Å². The molecular formula is C18H22N2O. The normalized spacial score (nSPS) is 16.3. The van der Waals surface area contributed by atoms with Crippen LogP contribution in [0.2, 0.25) is 0 Å². The number of hydrogen-bond acceptors (Lipinski definition) is 3. The summed E-state index contributed by atoms with van der Waals surface area (Å²) in [5.74, 6) is 7.40. The second kappa shape index (κ2) is 6.29. The first-order chi connectivity index (χ1) is 10.3. The fraction of sp³-hybridized carbons (Fsp3) is 0.333. The lowest BCUT2D eigenvalue weighted by Gasteiger charge is -2.26. The summed E-state index contributed by atoms with van der Waals surface area (Å²) in [4.78, 5) is 0. The molecule has 2 aromatic rings. The molecule has 1 aliphatic carbocycles. The number of methoxy groups -OCH3 is 1. The number of hydrazine groups is 1. The van der Waals surface area contributed by atoms with E-state index < -0.39 is 0 Å². The summed E-state index contributed by atoms with van der Waals surface area (Å²) in [5.41, 5.74) is 6.56. The molecule has 2 aromatic carbocycles. The topological polar surface area (TPSA) is 47.3 Å². The molecule has 3 nitrogen and oxygen atoms in total. The Morgan fingerprint density at radius 1 is 1.10 bits per heavy atom. The number of hydrogen-bond donors (Lipinski definition) is 2. The molecule has 0 aliphatic heterocycles. The number of nitrogens with one attached hydrogen (secondary N) is 1. The fourth-order valence-corrected chi connectivity index (χ4v) is 2.97. The van der Waals surface area contributed by atoms with Gasteiger partial charge in [0.05, 0.1) is 13.2 Å². The van der Waals surface area contributed by atoms with E-state index in [1.165, 1.54) is 24.8 Å². The van der Waals surface area contributed by atoms with Gasteiger partial charge in [-0.25, -0.2) is 5.43 Å². The minimum Gasteiger partial charge on any atom is -0.496 e. The third-order valence-electron chi connectivity index (χ3n) is 4.46. The molecule has 0 saturated heterocycles. The highest BCUT2D eigenvalue weighted by Crippen LogP contribution is 2.37.